The number of primary amides is 1. The van der Waals surface area contributed by atoms with Gasteiger partial charge in [-0.1, -0.05) is 12.1 Å². The molecule has 1 aromatic heterocycles. The topological polar surface area (TPSA) is 65.2 Å². The summed E-state index contributed by atoms with van der Waals surface area (Å²) in [5, 5.41) is 1.63. The Labute approximate surface area is 126 Å². The second-order valence-corrected chi connectivity index (χ2v) is 4.84. The molecule has 1 amide bonds. The third-order valence-corrected chi connectivity index (χ3v) is 3.51. The Bertz CT molecular complexity index is 878. The summed E-state index contributed by atoms with van der Waals surface area (Å²) in [4.78, 5) is 15.5. The number of nitrogens with zero attached hydrogens (tertiary/aromatic N) is 1. The van der Waals surface area contributed by atoms with E-state index < -0.39 is 11.7 Å². The van der Waals surface area contributed by atoms with E-state index in [1.807, 2.05) is 0 Å². The van der Waals surface area contributed by atoms with E-state index in [1.165, 1.54) is 13.2 Å². The van der Waals surface area contributed by atoms with Crippen molar-refractivity contribution in [1.82, 2.24) is 4.98 Å². The molecule has 0 saturated heterocycles. The Kier molecular flexibility index (Phi) is 3.47. The molecule has 1 heterocycles. The zero-order valence-electron chi connectivity index (χ0n) is 11.8. The molecule has 2 N–H and O–H groups in total. The van der Waals surface area contributed by atoms with Crippen molar-refractivity contribution in [1.29, 1.82) is 0 Å². The molecule has 0 radical (unpaired) electrons. The Balaban J connectivity index is 2.23. The van der Waals surface area contributed by atoms with Crippen molar-refractivity contribution in [3.05, 3.63) is 60.2 Å². The molecule has 2 aromatic carbocycles. The maximum atomic E-state index is 13.9. The van der Waals surface area contributed by atoms with Crippen LogP contribution in [0.4, 0.5) is 4.39 Å². The maximum absolute atomic E-state index is 13.9. The number of carbonyl (C=O) groups is 1. The summed E-state index contributed by atoms with van der Waals surface area (Å²) < 4.78 is 18.8. The van der Waals surface area contributed by atoms with Gasteiger partial charge in [-0.15, -0.1) is 0 Å². The highest BCUT2D eigenvalue weighted by atomic mass is 19.1. The van der Waals surface area contributed by atoms with E-state index in [2.05, 4.69) is 4.98 Å². The van der Waals surface area contributed by atoms with Crippen molar-refractivity contribution < 1.29 is 13.9 Å². The standard InChI is InChI=1S/C17H13FN2O2/c1-22-16-5-4-10(7-15(16)18)14-9-20-8-12-3-2-11(17(19)21)6-13(12)14/h2-9H,1H3,(H2,19,21). The van der Waals surface area contributed by atoms with Crippen molar-refractivity contribution >= 4 is 16.7 Å². The van der Waals surface area contributed by atoms with Gasteiger partial charge in [0, 0.05) is 28.9 Å². The first-order valence-corrected chi connectivity index (χ1v) is 6.61. The molecule has 3 rings (SSSR count). The maximum Gasteiger partial charge on any atom is 0.248 e. The van der Waals surface area contributed by atoms with Crippen molar-refractivity contribution in [2.75, 3.05) is 7.11 Å². The summed E-state index contributed by atoms with van der Waals surface area (Å²) in [6.07, 6.45) is 3.32. The Morgan fingerprint density at radius 3 is 2.68 bits per heavy atom. The zero-order chi connectivity index (χ0) is 15.7. The summed E-state index contributed by atoms with van der Waals surface area (Å²) >= 11 is 0. The second-order valence-electron chi connectivity index (χ2n) is 4.84. The molecule has 0 unspecified atom stereocenters. The smallest absolute Gasteiger partial charge is 0.248 e. The minimum atomic E-state index is -0.509. The number of methoxy groups -OCH3 is 1. The van der Waals surface area contributed by atoms with Crippen LogP contribution in [0.3, 0.4) is 0 Å². The fourth-order valence-corrected chi connectivity index (χ4v) is 2.38. The third-order valence-electron chi connectivity index (χ3n) is 3.51. The van der Waals surface area contributed by atoms with Gasteiger partial charge in [0.15, 0.2) is 11.6 Å². The van der Waals surface area contributed by atoms with Crippen molar-refractivity contribution in [3.8, 4) is 16.9 Å². The number of benzene rings is 2. The monoisotopic (exact) mass is 296 g/mol. The molecule has 22 heavy (non-hydrogen) atoms. The summed E-state index contributed by atoms with van der Waals surface area (Å²) in [5.41, 5.74) is 7.10. The normalized spacial score (nSPS) is 10.6. The lowest BCUT2D eigenvalue weighted by atomic mass is 9.99. The molecule has 0 saturated carbocycles. The molecule has 0 aliphatic carbocycles. The number of halogens is 1. The number of ether oxygens (including phenoxy) is 1. The van der Waals surface area contributed by atoms with E-state index in [4.69, 9.17) is 10.5 Å². The highest BCUT2D eigenvalue weighted by Gasteiger charge is 2.10. The molecule has 0 atom stereocenters. The van der Waals surface area contributed by atoms with E-state index in [9.17, 15) is 9.18 Å². The van der Waals surface area contributed by atoms with Gasteiger partial charge in [-0.2, -0.15) is 0 Å². The van der Waals surface area contributed by atoms with Gasteiger partial charge >= 0.3 is 0 Å². The lowest BCUT2D eigenvalue weighted by molar-refractivity contribution is 0.100. The van der Waals surface area contributed by atoms with E-state index in [0.717, 1.165) is 16.3 Å². The number of nitrogens with two attached hydrogens (primary N) is 1. The van der Waals surface area contributed by atoms with Gasteiger partial charge in [-0.3, -0.25) is 9.78 Å². The van der Waals surface area contributed by atoms with E-state index in [0.29, 0.717) is 11.1 Å². The van der Waals surface area contributed by atoms with Crippen molar-refractivity contribution in [3.63, 3.8) is 0 Å². The zero-order valence-corrected chi connectivity index (χ0v) is 11.8. The molecular weight excluding hydrogens is 283 g/mol. The number of amides is 1. The van der Waals surface area contributed by atoms with Gasteiger partial charge in [-0.05, 0) is 35.2 Å². The Hall–Kier alpha value is -2.95. The molecule has 0 aliphatic rings. The highest BCUT2D eigenvalue weighted by molar-refractivity contribution is 6.02. The molecule has 5 heteroatoms. The van der Waals surface area contributed by atoms with E-state index in [1.54, 1.807) is 42.7 Å². The van der Waals surface area contributed by atoms with Crippen LogP contribution < -0.4 is 10.5 Å². The summed E-state index contributed by atoms with van der Waals surface area (Å²) in [5.74, 6) is -0.789. The fraction of sp³-hybridized carbons (Fsp3) is 0.0588. The Morgan fingerprint density at radius 2 is 2.00 bits per heavy atom. The molecule has 3 aromatic rings. The second kappa shape index (κ2) is 5.44. The van der Waals surface area contributed by atoms with Crippen molar-refractivity contribution in [2.45, 2.75) is 0 Å². The fourth-order valence-electron chi connectivity index (χ4n) is 2.38. The number of hydrogen-bond donors (Lipinski definition) is 1. The average molecular weight is 296 g/mol. The van der Waals surface area contributed by atoms with Crippen molar-refractivity contribution in [2.24, 2.45) is 5.73 Å². The lowest BCUT2D eigenvalue weighted by Gasteiger charge is -2.09. The average Bonchev–Trinajstić information content (AvgIpc) is 2.53. The minimum absolute atomic E-state index is 0.176. The summed E-state index contributed by atoms with van der Waals surface area (Å²) in [7, 11) is 1.41. The van der Waals surface area contributed by atoms with Gasteiger partial charge in [-0.25, -0.2) is 4.39 Å². The van der Waals surface area contributed by atoms with E-state index in [-0.39, 0.29) is 5.75 Å². The number of aromatic nitrogens is 1. The number of pyridine rings is 1. The van der Waals surface area contributed by atoms with Gasteiger partial charge in [0.25, 0.3) is 0 Å². The molecular formula is C17H13FN2O2. The minimum Gasteiger partial charge on any atom is -0.494 e. The largest absolute Gasteiger partial charge is 0.494 e. The van der Waals surface area contributed by atoms with Crippen LogP contribution in [0.5, 0.6) is 5.75 Å². The Morgan fingerprint density at radius 1 is 1.18 bits per heavy atom. The third kappa shape index (κ3) is 2.37. The first kappa shape index (κ1) is 14.0. The predicted octanol–water partition coefficient (Wildman–Crippen LogP) is 3.15. The number of fused-ring (bicyclic) bond motifs is 1. The predicted molar refractivity (Wildman–Crippen MR) is 82.2 cm³/mol. The number of carbonyl (C=O) groups excluding carboxylic acids is 1. The van der Waals surface area contributed by atoms with Crippen LogP contribution >= 0.6 is 0 Å². The first-order valence-electron chi connectivity index (χ1n) is 6.61. The summed E-state index contributed by atoms with van der Waals surface area (Å²) in [6.45, 7) is 0. The summed E-state index contributed by atoms with van der Waals surface area (Å²) in [6, 6.07) is 9.79. The highest BCUT2D eigenvalue weighted by Crippen LogP contribution is 2.31. The van der Waals surface area contributed by atoms with Gasteiger partial charge in [0.05, 0.1) is 7.11 Å². The first-order chi connectivity index (χ1) is 10.6. The van der Waals surface area contributed by atoms with Crippen LogP contribution in [-0.2, 0) is 0 Å². The van der Waals surface area contributed by atoms with Gasteiger partial charge in [0.2, 0.25) is 5.91 Å². The van der Waals surface area contributed by atoms with Crippen LogP contribution in [-0.4, -0.2) is 18.0 Å². The molecule has 0 aliphatic heterocycles. The lowest BCUT2D eigenvalue weighted by Crippen LogP contribution is -2.10. The molecule has 0 spiro atoms. The molecule has 0 bridgehead atoms. The quantitative estimate of drug-likeness (QED) is 0.807. The molecule has 0 fully saturated rings. The SMILES string of the molecule is COc1ccc(-c2cncc3ccc(C(N)=O)cc23)cc1F. The van der Waals surface area contributed by atoms with Crippen LogP contribution in [0.1, 0.15) is 10.4 Å². The van der Waals surface area contributed by atoms with Crippen LogP contribution in [0.2, 0.25) is 0 Å². The van der Waals surface area contributed by atoms with Crippen LogP contribution in [0.25, 0.3) is 21.9 Å². The number of hydrogen-bond acceptors (Lipinski definition) is 3. The molecule has 4 nitrogen and oxygen atoms in total. The van der Waals surface area contributed by atoms with Gasteiger partial charge < -0.3 is 10.5 Å². The van der Waals surface area contributed by atoms with Crippen LogP contribution in [0.15, 0.2) is 48.8 Å². The molecule has 110 valence electrons. The van der Waals surface area contributed by atoms with Gasteiger partial charge in [0.1, 0.15) is 0 Å². The van der Waals surface area contributed by atoms with Crippen LogP contribution in [0, 0.1) is 5.82 Å². The number of rotatable bonds is 3. The van der Waals surface area contributed by atoms with E-state index >= 15 is 0 Å².